The second kappa shape index (κ2) is 3.18. The zero-order chi connectivity index (χ0) is 9.19. The summed E-state index contributed by atoms with van der Waals surface area (Å²) < 4.78 is 13.3. The molecule has 0 atom stereocenters. The average Bonchev–Trinajstić information content (AvgIpc) is 2.34. The minimum atomic E-state index is -1.02. The number of nitrogens with zero attached hydrogens (tertiary/aromatic N) is 3. The number of aliphatic hydroxyl groups is 1. The molecule has 0 bridgehead atoms. The third kappa shape index (κ3) is 1.79. The second-order valence-corrected chi connectivity index (χ2v) is 3.09. The largest absolute Gasteiger partial charge is 0.384 e. The summed E-state index contributed by atoms with van der Waals surface area (Å²) in [5.41, 5.74) is -0.487. The highest BCUT2D eigenvalue weighted by Gasteiger charge is 2.21. The van der Waals surface area contributed by atoms with E-state index in [0.29, 0.717) is 5.69 Å². The van der Waals surface area contributed by atoms with Crippen LogP contribution in [0.4, 0.5) is 4.39 Å². The molecule has 5 heteroatoms. The topological polar surface area (TPSA) is 50.9 Å². The molecule has 0 amide bonds. The van der Waals surface area contributed by atoms with Crippen molar-refractivity contribution in [2.75, 3.05) is 6.67 Å². The SMILES string of the molecule is CC(C)(O)c1cnnn1CCF. The van der Waals surface area contributed by atoms with Crippen LogP contribution in [0.15, 0.2) is 6.20 Å². The van der Waals surface area contributed by atoms with Gasteiger partial charge in [0, 0.05) is 0 Å². The Morgan fingerprint density at radius 2 is 2.33 bits per heavy atom. The number of hydrogen-bond acceptors (Lipinski definition) is 3. The van der Waals surface area contributed by atoms with Crippen LogP contribution < -0.4 is 0 Å². The third-order valence-electron chi connectivity index (χ3n) is 1.54. The summed E-state index contributed by atoms with van der Waals surface area (Å²) in [5.74, 6) is 0. The molecule has 0 unspecified atom stereocenters. The lowest BCUT2D eigenvalue weighted by Crippen LogP contribution is -2.22. The first-order chi connectivity index (χ1) is 5.55. The molecule has 12 heavy (non-hydrogen) atoms. The molecule has 1 heterocycles. The van der Waals surface area contributed by atoms with E-state index in [1.807, 2.05) is 0 Å². The number of halogens is 1. The lowest BCUT2D eigenvalue weighted by atomic mass is 10.1. The molecule has 1 N–H and O–H groups in total. The lowest BCUT2D eigenvalue weighted by molar-refractivity contribution is 0.0678. The number of aromatic nitrogens is 3. The van der Waals surface area contributed by atoms with Crippen LogP contribution >= 0.6 is 0 Å². The van der Waals surface area contributed by atoms with E-state index in [9.17, 15) is 9.50 Å². The fourth-order valence-electron chi connectivity index (χ4n) is 0.977. The maximum atomic E-state index is 12.0. The minimum absolute atomic E-state index is 0.138. The standard InChI is InChI=1S/C7H12FN3O/c1-7(2,12)6-5-9-10-11(6)4-3-8/h5,12H,3-4H2,1-2H3. The fourth-order valence-corrected chi connectivity index (χ4v) is 0.977. The van der Waals surface area contributed by atoms with Gasteiger partial charge < -0.3 is 5.11 Å². The van der Waals surface area contributed by atoms with E-state index in [-0.39, 0.29) is 6.54 Å². The molecular weight excluding hydrogens is 161 g/mol. The van der Waals surface area contributed by atoms with Gasteiger partial charge in [0.05, 0.1) is 18.4 Å². The summed E-state index contributed by atoms with van der Waals surface area (Å²) in [7, 11) is 0. The first-order valence-corrected chi connectivity index (χ1v) is 3.73. The van der Waals surface area contributed by atoms with Gasteiger partial charge in [-0.3, -0.25) is 0 Å². The van der Waals surface area contributed by atoms with Crippen LogP contribution in [0.1, 0.15) is 19.5 Å². The van der Waals surface area contributed by atoms with Crippen molar-refractivity contribution in [1.29, 1.82) is 0 Å². The number of rotatable bonds is 3. The van der Waals surface area contributed by atoms with E-state index >= 15 is 0 Å². The molecule has 0 aliphatic rings. The van der Waals surface area contributed by atoms with Crippen molar-refractivity contribution in [1.82, 2.24) is 15.0 Å². The van der Waals surface area contributed by atoms with Crippen LogP contribution in [0.2, 0.25) is 0 Å². The van der Waals surface area contributed by atoms with Gasteiger partial charge in [0.2, 0.25) is 0 Å². The minimum Gasteiger partial charge on any atom is -0.384 e. The van der Waals surface area contributed by atoms with Crippen LogP contribution in [0.5, 0.6) is 0 Å². The Balaban J connectivity index is 2.91. The molecule has 1 aromatic heterocycles. The number of hydrogen-bond donors (Lipinski definition) is 1. The summed E-state index contributed by atoms with van der Waals surface area (Å²) in [5, 5.41) is 16.8. The Hall–Kier alpha value is -0.970. The zero-order valence-corrected chi connectivity index (χ0v) is 7.16. The summed E-state index contributed by atoms with van der Waals surface area (Å²) >= 11 is 0. The van der Waals surface area contributed by atoms with Crippen LogP contribution in [-0.4, -0.2) is 26.8 Å². The summed E-state index contributed by atoms with van der Waals surface area (Å²) in [6.07, 6.45) is 1.44. The highest BCUT2D eigenvalue weighted by Crippen LogP contribution is 2.17. The Labute approximate surface area is 70.0 Å². The molecule has 1 aromatic rings. The zero-order valence-electron chi connectivity index (χ0n) is 7.16. The Bertz CT molecular complexity index is 253. The van der Waals surface area contributed by atoms with E-state index in [0.717, 1.165) is 0 Å². The van der Waals surface area contributed by atoms with E-state index in [1.54, 1.807) is 13.8 Å². The van der Waals surface area contributed by atoms with Gasteiger partial charge in [-0.25, -0.2) is 9.07 Å². The normalized spacial score (nSPS) is 12.0. The molecule has 0 spiro atoms. The van der Waals surface area contributed by atoms with Crippen molar-refractivity contribution in [3.8, 4) is 0 Å². The maximum absolute atomic E-state index is 12.0. The summed E-state index contributed by atoms with van der Waals surface area (Å²) in [6, 6.07) is 0. The third-order valence-corrected chi connectivity index (χ3v) is 1.54. The molecule has 1 rings (SSSR count). The van der Waals surface area contributed by atoms with E-state index in [4.69, 9.17) is 0 Å². The fraction of sp³-hybridized carbons (Fsp3) is 0.714. The van der Waals surface area contributed by atoms with E-state index in [2.05, 4.69) is 10.3 Å². The van der Waals surface area contributed by atoms with Gasteiger partial charge >= 0.3 is 0 Å². The summed E-state index contributed by atoms with van der Waals surface area (Å²) in [4.78, 5) is 0. The highest BCUT2D eigenvalue weighted by atomic mass is 19.1. The molecule has 0 saturated carbocycles. The molecule has 0 radical (unpaired) electrons. The molecule has 0 aliphatic carbocycles. The predicted molar refractivity (Wildman–Crippen MR) is 41.2 cm³/mol. The second-order valence-electron chi connectivity index (χ2n) is 3.09. The molecule has 0 saturated heterocycles. The number of aryl methyl sites for hydroxylation is 1. The van der Waals surface area contributed by atoms with Gasteiger partial charge in [-0.05, 0) is 13.8 Å². The summed E-state index contributed by atoms with van der Waals surface area (Å²) in [6.45, 7) is 2.85. The Morgan fingerprint density at radius 3 is 2.83 bits per heavy atom. The van der Waals surface area contributed by atoms with Crippen molar-refractivity contribution in [2.24, 2.45) is 0 Å². The van der Waals surface area contributed by atoms with E-state index < -0.39 is 12.3 Å². The molecular formula is C7H12FN3O. The Morgan fingerprint density at radius 1 is 1.67 bits per heavy atom. The highest BCUT2D eigenvalue weighted by molar-refractivity contribution is 5.04. The number of alkyl halides is 1. The quantitative estimate of drug-likeness (QED) is 0.723. The monoisotopic (exact) mass is 173 g/mol. The van der Waals surface area contributed by atoms with Crippen molar-refractivity contribution < 1.29 is 9.50 Å². The van der Waals surface area contributed by atoms with Crippen LogP contribution in [-0.2, 0) is 12.1 Å². The lowest BCUT2D eigenvalue weighted by Gasteiger charge is -2.17. The molecule has 0 aliphatic heterocycles. The van der Waals surface area contributed by atoms with Crippen LogP contribution in [0.25, 0.3) is 0 Å². The predicted octanol–water partition coefficient (Wildman–Crippen LogP) is 0.475. The first-order valence-electron chi connectivity index (χ1n) is 3.73. The first kappa shape index (κ1) is 9.12. The average molecular weight is 173 g/mol. The maximum Gasteiger partial charge on any atom is 0.109 e. The van der Waals surface area contributed by atoms with Gasteiger partial charge in [0.25, 0.3) is 0 Å². The van der Waals surface area contributed by atoms with Gasteiger partial charge in [-0.2, -0.15) is 0 Å². The van der Waals surface area contributed by atoms with Crippen molar-refractivity contribution in [2.45, 2.75) is 26.0 Å². The van der Waals surface area contributed by atoms with Crippen molar-refractivity contribution >= 4 is 0 Å². The van der Waals surface area contributed by atoms with Gasteiger partial charge in [0.15, 0.2) is 0 Å². The van der Waals surface area contributed by atoms with Gasteiger partial charge in [0.1, 0.15) is 12.3 Å². The smallest absolute Gasteiger partial charge is 0.109 e. The van der Waals surface area contributed by atoms with Gasteiger partial charge in [-0.1, -0.05) is 5.21 Å². The Kier molecular flexibility index (Phi) is 2.42. The van der Waals surface area contributed by atoms with Crippen molar-refractivity contribution in [3.63, 3.8) is 0 Å². The molecule has 0 fully saturated rings. The van der Waals surface area contributed by atoms with Crippen LogP contribution in [0.3, 0.4) is 0 Å². The van der Waals surface area contributed by atoms with Gasteiger partial charge in [-0.15, -0.1) is 5.10 Å². The molecule has 68 valence electrons. The van der Waals surface area contributed by atoms with Crippen molar-refractivity contribution in [3.05, 3.63) is 11.9 Å². The van der Waals surface area contributed by atoms with E-state index in [1.165, 1.54) is 10.9 Å². The molecule has 4 nitrogen and oxygen atoms in total. The van der Waals surface area contributed by atoms with Crippen LogP contribution in [0, 0.1) is 0 Å². The molecule has 0 aromatic carbocycles.